The van der Waals surface area contributed by atoms with Crippen molar-refractivity contribution in [3.8, 4) is 23.6 Å². The Morgan fingerprint density at radius 2 is 0.886 bits per heavy atom. The van der Waals surface area contributed by atoms with Gasteiger partial charge < -0.3 is 29.2 Å². The average Bonchev–Trinajstić information content (AvgIpc) is 3.98. The van der Waals surface area contributed by atoms with E-state index >= 15 is 0 Å². The number of hydrogen-bond donors (Lipinski definition) is 2. The molecule has 0 unspecified atom stereocenters. The smallest absolute Gasteiger partial charge is 0.350 e. The number of allylic oxidation sites excluding steroid dienone is 1. The van der Waals surface area contributed by atoms with Crippen LogP contribution in [0.5, 0.6) is 11.5 Å². The maximum atomic E-state index is 14.5. The summed E-state index contributed by atoms with van der Waals surface area (Å²) in [5.41, 5.74) is -2.17. The minimum Gasteiger partial charge on any atom is -0.493 e. The van der Waals surface area contributed by atoms with Crippen molar-refractivity contribution in [1.29, 1.82) is 10.5 Å². The van der Waals surface area contributed by atoms with Gasteiger partial charge in [-0.1, -0.05) is 106 Å². The molecule has 0 radical (unpaired) electrons. The van der Waals surface area contributed by atoms with Gasteiger partial charge >= 0.3 is 17.9 Å². The van der Waals surface area contributed by atoms with Gasteiger partial charge in [0.15, 0.2) is 17.1 Å². The van der Waals surface area contributed by atoms with Crippen molar-refractivity contribution < 1.29 is 43.5 Å². The molecule has 6 aliphatic rings. The molecule has 4 fully saturated rings. The van der Waals surface area contributed by atoms with E-state index in [1.54, 1.807) is 27.7 Å². The molecule has 11 nitrogen and oxygen atoms in total. The third-order valence-corrected chi connectivity index (χ3v) is 21.1. The zero-order valence-corrected chi connectivity index (χ0v) is 45.4. The monoisotopic (exact) mass is 1030 g/mol. The first kappa shape index (κ1) is 54.7. The first-order valence-electron chi connectivity index (χ1n) is 26.0. The van der Waals surface area contributed by atoms with E-state index in [1.807, 2.05) is 6.07 Å². The van der Waals surface area contributed by atoms with Gasteiger partial charge in [-0.05, 0) is 140 Å². The number of fused-ring (bicyclic) bond motifs is 2. The summed E-state index contributed by atoms with van der Waals surface area (Å²) in [6, 6.07) is 4.30. The largest absolute Gasteiger partial charge is 0.493 e. The van der Waals surface area contributed by atoms with Crippen molar-refractivity contribution in [2.75, 3.05) is 13.2 Å². The van der Waals surface area contributed by atoms with E-state index in [9.17, 15) is 35.1 Å². The highest BCUT2D eigenvalue weighted by Gasteiger charge is 2.43. The lowest BCUT2D eigenvalue weighted by Crippen LogP contribution is -2.30. The van der Waals surface area contributed by atoms with Crippen LogP contribution in [0.25, 0.3) is 0 Å². The summed E-state index contributed by atoms with van der Waals surface area (Å²) in [6.07, 6.45) is 19.8. The fourth-order valence-corrected chi connectivity index (χ4v) is 16.7. The van der Waals surface area contributed by atoms with E-state index in [0.717, 1.165) is 86.7 Å². The minimum atomic E-state index is -1.09. The van der Waals surface area contributed by atoms with Gasteiger partial charge in [-0.25, -0.2) is 4.79 Å². The molecule has 2 aliphatic heterocycles. The lowest BCUT2D eigenvalue weighted by Gasteiger charge is -2.37. The Morgan fingerprint density at radius 3 is 1.21 bits per heavy atom. The van der Waals surface area contributed by atoms with Crippen molar-refractivity contribution in [3.05, 3.63) is 32.0 Å². The molecule has 7 rings (SSSR count). The molecule has 382 valence electrons. The highest BCUT2D eigenvalue weighted by atomic mass is 32.2. The summed E-state index contributed by atoms with van der Waals surface area (Å²) in [7, 11) is 0. The fourth-order valence-electron chi connectivity index (χ4n) is 11.3. The molecule has 4 saturated carbocycles. The van der Waals surface area contributed by atoms with Gasteiger partial charge in [-0.2, -0.15) is 10.5 Å². The number of nitriles is 2. The number of carbonyl (C=O) groups excluding carboxylic acids is 3. The van der Waals surface area contributed by atoms with Crippen molar-refractivity contribution in [1.82, 2.24) is 0 Å². The Balaban J connectivity index is 1.22. The summed E-state index contributed by atoms with van der Waals surface area (Å²) < 4.78 is 25.4. The van der Waals surface area contributed by atoms with E-state index in [4.69, 9.17) is 18.9 Å². The van der Waals surface area contributed by atoms with E-state index < -0.39 is 17.2 Å². The second-order valence-electron chi connectivity index (χ2n) is 21.9. The molecule has 0 amide bonds. The van der Waals surface area contributed by atoms with Crippen molar-refractivity contribution in [2.45, 2.75) is 201 Å². The Bertz CT molecular complexity index is 2050. The molecule has 1 aromatic rings. The fraction of sp³-hybridized carbons (Fsp3) is 0.691. The molecule has 0 atom stereocenters. The van der Waals surface area contributed by atoms with Gasteiger partial charge in [0.05, 0.1) is 64.3 Å². The minimum absolute atomic E-state index is 0.107. The van der Waals surface area contributed by atoms with Gasteiger partial charge in [0.25, 0.3) is 0 Å². The number of hydrogen-bond acceptors (Lipinski definition) is 15. The van der Waals surface area contributed by atoms with Crippen molar-refractivity contribution >= 4 is 65.0 Å². The predicted molar refractivity (Wildman–Crippen MR) is 277 cm³/mol. The van der Waals surface area contributed by atoms with Crippen molar-refractivity contribution in [2.24, 2.45) is 47.3 Å². The van der Waals surface area contributed by atoms with Gasteiger partial charge in [0.2, 0.25) is 0 Å². The quantitative estimate of drug-likeness (QED) is 0.0495. The molecular formula is C55H74N2O9S4. The first-order valence-corrected chi connectivity index (χ1v) is 29.3. The molecule has 4 aliphatic carbocycles. The second kappa shape index (κ2) is 24.3. The Labute approximate surface area is 433 Å². The normalized spacial score (nSPS) is 26.8. The van der Waals surface area contributed by atoms with Crippen LogP contribution in [0.2, 0.25) is 0 Å². The summed E-state index contributed by atoms with van der Waals surface area (Å²) in [4.78, 5) is 44.4. The second-order valence-corrected chi connectivity index (χ2v) is 26.5. The van der Waals surface area contributed by atoms with Crippen LogP contribution in [0.3, 0.4) is 0 Å². The summed E-state index contributed by atoms with van der Waals surface area (Å²) in [6.45, 7) is 15.2. The molecule has 15 heteroatoms. The lowest BCUT2D eigenvalue weighted by atomic mass is 9.69. The molecule has 70 heavy (non-hydrogen) atoms. The number of benzene rings is 1. The third kappa shape index (κ3) is 13.8. The van der Waals surface area contributed by atoms with Crippen LogP contribution in [0.15, 0.2) is 51.5 Å². The SMILES string of the molecule is C=C(OCCC(C)(C)O)C(C#N)=C1Sc2c(OC(=O)C3CCC(C4CCC(CC)CC4)CC3)c3c(c(OC(=O)C4CCC(C5CCC(CC)CC5)CC4)c2S1)SC(=C(C#N)C(=O)OCCC(C)(C)O)S3. The predicted octanol–water partition coefficient (Wildman–Crippen LogP) is 13.8. The number of thioether (sulfide) groups is 4. The maximum Gasteiger partial charge on any atom is 0.350 e. The standard InChI is InChI=1S/C55H74N2O9S4/c1-8-33-10-14-35(15-11-33)37-18-22-39(23-19-37)49(58)65-43-45-46(68-52(67-45)41(30-56)32(3)63-28-26-54(4,5)61)44(48-47(43)69-53(70-48)42(31-57)51(60)64-29-27-55(6,7)62)66-50(59)40-24-20-38(21-25-40)36-16-12-34(9-2)13-17-36/h33-40,61-62H,3,8-29H2,1-2,4-7H3. The number of nitrogens with zero attached hydrogens (tertiary/aromatic N) is 2. The average molecular weight is 1040 g/mol. The van der Waals surface area contributed by atoms with Crippen LogP contribution in [0.4, 0.5) is 0 Å². The Kier molecular flexibility index (Phi) is 19.0. The van der Waals surface area contributed by atoms with E-state index in [2.05, 4.69) is 26.5 Å². The maximum absolute atomic E-state index is 14.5. The molecule has 1 aromatic carbocycles. The van der Waals surface area contributed by atoms with Gasteiger partial charge in [0, 0.05) is 12.8 Å². The summed E-state index contributed by atoms with van der Waals surface area (Å²) in [5.74, 6) is 2.56. The lowest BCUT2D eigenvalue weighted by molar-refractivity contribution is -0.142. The first-order chi connectivity index (χ1) is 33.4. The van der Waals surface area contributed by atoms with Crippen LogP contribution in [0.1, 0.15) is 170 Å². The summed E-state index contributed by atoms with van der Waals surface area (Å²) >= 11 is 4.62. The molecule has 0 bridgehead atoms. The number of ether oxygens (including phenoxy) is 4. The van der Waals surface area contributed by atoms with Crippen LogP contribution in [-0.2, 0) is 23.9 Å². The van der Waals surface area contributed by atoms with E-state index in [1.165, 1.54) is 87.7 Å². The molecule has 2 heterocycles. The van der Waals surface area contributed by atoms with Crippen LogP contribution in [-0.4, -0.2) is 52.5 Å². The van der Waals surface area contributed by atoms with Crippen LogP contribution >= 0.6 is 47.0 Å². The zero-order valence-electron chi connectivity index (χ0n) is 42.2. The van der Waals surface area contributed by atoms with E-state index in [0.29, 0.717) is 53.9 Å². The summed E-state index contributed by atoms with van der Waals surface area (Å²) in [5, 5.41) is 41.7. The van der Waals surface area contributed by atoms with Gasteiger partial charge in [0.1, 0.15) is 23.5 Å². The van der Waals surface area contributed by atoms with E-state index in [-0.39, 0.29) is 76.1 Å². The number of carbonyl (C=O) groups is 3. The number of esters is 3. The topological polar surface area (TPSA) is 176 Å². The molecular weight excluding hydrogens is 961 g/mol. The highest BCUT2D eigenvalue weighted by Crippen LogP contribution is 2.69. The number of aliphatic hydroxyl groups is 2. The zero-order chi connectivity index (χ0) is 50.3. The van der Waals surface area contributed by atoms with Crippen LogP contribution < -0.4 is 9.47 Å². The molecule has 0 aromatic heterocycles. The third-order valence-electron chi connectivity index (χ3n) is 16.0. The Hall–Kier alpha value is -3.05. The molecule has 2 N–H and O–H groups in total. The van der Waals surface area contributed by atoms with Crippen LogP contribution in [0, 0.1) is 70.0 Å². The number of rotatable bonds is 17. The van der Waals surface area contributed by atoms with Gasteiger partial charge in [-0.3, -0.25) is 9.59 Å². The molecule has 0 saturated heterocycles. The molecule has 0 spiro atoms. The highest BCUT2D eigenvalue weighted by molar-refractivity contribution is 8.26. The van der Waals surface area contributed by atoms with Crippen molar-refractivity contribution in [3.63, 3.8) is 0 Å². The Morgan fingerprint density at radius 1 is 0.557 bits per heavy atom. The van der Waals surface area contributed by atoms with Gasteiger partial charge in [-0.15, -0.1) is 0 Å².